The number of nitrogens with one attached hydrogen (secondary N) is 3. The van der Waals surface area contributed by atoms with E-state index in [1.165, 1.54) is 38.5 Å². The van der Waals surface area contributed by atoms with Gasteiger partial charge in [0.15, 0.2) is 0 Å². The third-order valence-corrected chi connectivity index (χ3v) is 3.83. The highest BCUT2D eigenvalue weighted by Crippen LogP contribution is 2.16. The van der Waals surface area contributed by atoms with Gasteiger partial charge in [-0.05, 0) is 12.8 Å². The lowest BCUT2D eigenvalue weighted by atomic mass is 9.96. The van der Waals surface area contributed by atoms with Crippen molar-refractivity contribution in [2.45, 2.75) is 65.3 Å². The minimum Gasteiger partial charge on any atom is -0.353 e. The molecule has 21 heavy (non-hydrogen) atoms. The number of hydrogen-bond acceptors (Lipinski definition) is 3. The molecule has 1 saturated carbocycles. The minimum absolute atomic E-state index is 0.0551. The van der Waals surface area contributed by atoms with Gasteiger partial charge in [-0.3, -0.25) is 9.59 Å². The predicted molar refractivity (Wildman–Crippen MR) is 85.0 cm³/mol. The van der Waals surface area contributed by atoms with E-state index in [2.05, 4.69) is 16.0 Å². The summed E-state index contributed by atoms with van der Waals surface area (Å²) < 4.78 is 0. The highest BCUT2D eigenvalue weighted by atomic mass is 16.2. The van der Waals surface area contributed by atoms with Crippen LogP contribution in [0.5, 0.6) is 0 Å². The van der Waals surface area contributed by atoms with Gasteiger partial charge in [-0.25, -0.2) is 0 Å². The van der Waals surface area contributed by atoms with Crippen molar-refractivity contribution in [1.29, 1.82) is 0 Å². The second kappa shape index (κ2) is 9.03. The maximum atomic E-state index is 11.6. The number of hydrogen-bond donors (Lipinski definition) is 3. The average molecular weight is 297 g/mol. The van der Waals surface area contributed by atoms with Crippen LogP contribution in [0, 0.1) is 5.41 Å². The molecular weight excluding hydrogens is 266 g/mol. The maximum Gasteiger partial charge on any atom is 0.239 e. The quantitative estimate of drug-likeness (QED) is 0.515. The van der Waals surface area contributed by atoms with Gasteiger partial charge >= 0.3 is 0 Å². The summed E-state index contributed by atoms with van der Waals surface area (Å²) in [6.45, 7) is 6.95. The fourth-order valence-electron chi connectivity index (χ4n) is 2.45. The highest BCUT2D eigenvalue weighted by molar-refractivity contribution is 5.87. The van der Waals surface area contributed by atoms with Crippen LogP contribution < -0.4 is 16.0 Å². The molecule has 0 radical (unpaired) electrons. The topological polar surface area (TPSA) is 70.2 Å². The molecular formula is C16H31N3O2. The summed E-state index contributed by atoms with van der Waals surface area (Å²) in [6.07, 6.45) is 7.81. The molecule has 5 heteroatoms. The molecule has 0 saturated heterocycles. The van der Waals surface area contributed by atoms with Gasteiger partial charge in [0.25, 0.3) is 0 Å². The molecule has 0 aromatic heterocycles. The fourth-order valence-corrected chi connectivity index (χ4v) is 2.45. The number of amides is 2. The van der Waals surface area contributed by atoms with E-state index < -0.39 is 5.41 Å². The zero-order valence-electron chi connectivity index (χ0n) is 13.8. The van der Waals surface area contributed by atoms with Crippen LogP contribution in [-0.4, -0.2) is 37.5 Å². The zero-order chi connectivity index (χ0) is 15.7. The van der Waals surface area contributed by atoms with Crippen LogP contribution in [0.15, 0.2) is 0 Å². The first-order valence-corrected chi connectivity index (χ1v) is 8.18. The highest BCUT2D eigenvalue weighted by Gasteiger charge is 2.21. The van der Waals surface area contributed by atoms with Gasteiger partial charge in [0.1, 0.15) is 0 Å². The fraction of sp³-hybridized carbons (Fsp3) is 0.875. The summed E-state index contributed by atoms with van der Waals surface area (Å²) in [5.74, 6) is -0.232. The van der Waals surface area contributed by atoms with Crippen molar-refractivity contribution in [2.75, 3.05) is 19.6 Å². The summed E-state index contributed by atoms with van der Waals surface area (Å²) in [7, 11) is 0. The number of carbonyl (C=O) groups is 2. The van der Waals surface area contributed by atoms with Crippen LogP contribution in [0.1, 0.15) is 59.3 Å². The molecule has 0 heterocycles. The van der Waals surface area contributed by atoms with Crippen molar-refractivity contribution in [3.05, 3.63) is 0 Å². The number of carbonyl (C=O) groups excluding carboxylic acids is 2. The van der Waals surface area contributed by atoms with E-state index in [0.717, 1.165) is 6.54 Å². The molecule has 0 atom stereocenters. The van der Waals surface area contributed by atoms with Crippen molar-refractivity contribution in [1.82, 2.24) is 16.0 Å². The van der Waals surface area contributed by atoms with Crippen LogP contribution in [-0.2, 0) is 9.59 Å². The van der Waals surface area contributed by atoms with Crippen LogP contribution in [0.4, 0.5) is 0 Å². The van der Waals surface area contributed by atoms with Gasteiger partial charge in [-0.2, -0.15) is 0 Å². The van der Waals surface area contributed by atoms with Crippen molar-refractivity contribution in [3.8, 4) is 0 Å². The predicted octanol–water partition coefficient (Wildman–Crippen LogP) is 1.58. The number of rotatable bonds is 6. The Labute approximate surface area is 128 Å². The first kappa shape index (κ1) is 18.0. The molecule has 0 spiro atoms. The Balaban J connectivity index is 2.06. The van der Waals surface area contributed by atoms with Crippen molar-refractivity contribution >= 4 is 11.8 Å². The van der Waals surface area contributed by atoms with Gasteiger partial charge < -0.3 is 16.0 Å². The molecule has 0 aromatic carbocycles. The second-order valence-corrected chi connectivity index (χ2v) is 6.93. The lowest BCUT2D eigenvalue weighted by Gasteiger charge is -2.18. The molecule has 3 N–H and O–H groups in total. The Kier molecular flexibility index (Phi) is 7.72. The molecule has 1 aliphatic rings. The molecule has 0 aromatic rings. The molecule has 1 rings (SSSR count). The van der Waals surface area contributed by atoms with E-state index >= 15 is 0 Å². The average Bonchev–Trinajstić information content (AvgIpc) is 2.68. The zero-order valence-corrected chi connectivity index (χ0v) is 13.8. The van der Waals surface area contributed by atoms with Gasteiger partial charge in [-0.1, -0.05) is 46.5 Å². The first-order valence-electron chi connectivity index (χ1n) is 8.18. The monoisotopic (exact) mass is 297 g/mol. The van der Waals surface area contributed by atoms with E-state index in [1.54, 1.807) is 0 Å². The van der Waals surface area contributed by atoms with Crippen molar-refractivity contribution in [3.63, 3.8) is 0 Å². The van der Waals surface area contributed by atoms with E-state index in [0.29, 0.717) is 12.6 Å². The summed E-state index contributed by atoms with van der Waals surface area (Å²) in [6, 6.07) is 0.602. The molecule has 0 unspecified atom stereocenters. The van der Waals surface area contributed by atoms with Crippen LogP contribution in [0.3, 0.4) is 0 Å². The molecule has 1 fully saturated rings. The van der Waals surface area contributed by atoms with Gasteiger partial charge in [-0.15, -0.1) is 0 Å². The van der Waals surface area contributed by atoms with E-state index in [1.807, 2.05) is 20.8 Å². The molecule has 1 aliphatic carbocycles. The Bertz CT molecular complexity index is 329. The van der Waals surface area contributed by atoms with Crippen molar-refractivity contribution < 1.29 is 9.59 Å². The molecule has 2 amide bonds. The Morgan fingerprint density at radius 2 is 1.57 bits per heavy atom. The lowest BCUT2D eigenvalue weighted by molar-refractivity contribution is -0.131. The SMILES string of the molecule is CC(C)(C)C(=O)NCC(=O)NCCNC1CCCCCC1. The third-order valence-electron chi connectivity index (χ3n) is 3.83. The Hall–Kier alpha value is -1.10. The molecule has 5 nitrogen and oxygen atoms in total. The second-order valence-electron chi connectivity index (χ2n) is 6.93. The smallest absolute Gasteiger partial charge is 0.239 e. The van der Waals surface area contributed by atoms with Crippen molar-refractivity contribution in [2.24, 2.45) is 5.41 Å². The standard InChI is InChI=1S/C16H31N3O2/c1-16(2,3)15(21)19-12-14(20)18-11-10-17-13-8-6-4-5-7-9-13/h13,17H,4-12H2,1-3H3,(H,18,20)(H,19,21). The molecule has 122 valence electrons. The summed E-state index contributed by atoms with van der Waals surface area (Å²) >= 11 is 0. The Morgan fingerprint density at radius 3 is 2.14 bits per heavy atom. The normalized spacial score (nSPS) is 17.1. The van der Waals surface area contributed by atoms with Gasteiger partial charge in [0, 0.05) is 24.5 Å². The summed E-state index contributed by atoms with van der Waals surface area (Å²) in [5, 5.41) is 8.98. The third kappa shape index (κ3) is 8.05. The molecule has 0 aliphatic heterocycles. The lowest BCUT2D eigenvalue weighted by Crippen LogP contribution is -2.43. The van der Waals surface area contributed by atoms with Crippen LogP contribution in [0.25, 0.3) is 0 Å². The van der Waals surface area contributed by atoms with E-state index in [4.69, 9.17) is 0 Å². The summed E-state index contributed by atoms with van der Waals surface area (Å²) in [4.78, 5) is 23.3. The van der Waals surface area contributed by atoms with E-state index in [9.17, 15) is 9.59 Å². The largest absolute Gasteiger partial charge is 0.353 e. The van der Waals surface area contributed by atoms with Crippen LogP contribution >= 0.6 is 0 Å². The van der Waals surface area contributed by atoms with E-state index in [-0.39, 0.29) is 18.4 Å². The molecule has 0 bridgehead atoms. The van der Waals surface area contributed by atoms with Gasteiger partial charge in [0.05, 0.1) is 6.54 Å². The first-order chi connectivity index (χ1) is 9.89. The summed E-state index contributed by atoms with van der Waals surface area (Å²) in [5.41, 5.74) is -0.457. The van der Waals surface area contributed by atoms with Gasteiger partial charge in [0.2, 0.25) is 11.8 Å². The minimum atomic E-state index is -0.457. The van der Waals surface area contributed by atoms with Crippen LogP contribution in [0.2, 0.25) is 0 Å². The maximum absolute atomic E-state index is 11.6. The Morgan fingerprint density at radius 1 is 0.952 bits per heavy atom.